The van der Waals surface area contributed by atoms with Crippen molar-refractivity contribution in [1.29, 1.82) is 0 Å². The zero-order valence-corrected chi connectivity index (χ0v) is 18.7. The molecule has 1 aromatic carbocycles. The lowest BCUT2D eigenvalue weighted by molar-refractivity contribution is 0.0610. The zero-order chi connectivity index (χ0) is 21.2. The van der Waals surface area contributed by atoms with Gasteiger partial charge in [0, 0.05) is 48.1 Å². The summed E-state index contributed by atoms with van der Waals surface area (Å²) >= 11 is 3.14. The van der Waals surface area contributed by atoms with Gasteiger partial charge in [-0.15, -0.1) is 11.3 Å². The largest absolute Gasteiger partial charge is 0.338 e. The fraction of sp³-hybridized carbons (Fsp3) is 0.273. The zero-order valence-electron chi connectivity index (χ0n) is 17.0. The minimum absolute atomic E-state index is 0.00294. The first-order chi connectivity index (χ1) is 15.2. The summed E-state index contributed by atoms with van der Waals surface area (Å²) < 4.78 is 5.44. The number of carbonyl (C=O) groups is 1. The molecule has 0 N–H and O–H groups in total. The van der Waals surface area contributed by atoms with Gasteiger partial charge in [-0.2, -0.15) is 16.3 Å². The molecule has 4 aromatic rings. The van der Waals surface area contributed by atoms with Crippen LogP contribution < -0.4 is 0 Å². The number of thiazole rings is 1. The van der Waals surface area contributed by atoms with E-state index in [4.69, 9.17) is 4.52 Å². The van der Waals surface area contributed by atoms with Crippen LogP contribution in [-0.2, 0) is 6.54 Å². The number of carbonyl (C=O) groups excluding carboxylic acids is 1. The van der Waals surface area contributed by atoms with Gasteiger partial charge in [0.05, 0.1) is 6.54 Å². The van der Waals surface area contributed by atoms with Crippen LogP contribution in [-0.4, -0.2) is 57.0 Å². The molecule has 0 aliphatic carbocycles. The Kier molecular flexibility index (Phi) is 5.63. The van der Waals surface area contributed by atoms with Crippen LogP contribution in [0.2, 0.25) is 0 Å². The monoisotopic (exact) mass is 451 g/mol. The molecule has 1 saturated heterocycles. The number of thiophene rings is 1. The molecule has 1 aliphatic rings. The Morgan fingerprint density at radius 3 is 2.58 bits per heavy atom. The number of aromatic nitrogens is 3. The van der Waals surface area contributed by atoms with Crippen LogP contribution in [0, 0.1) is 6.92 Å². The third-order valence-electron chi connectivity index (χ3n) is 5.29. The topological polar surface area (TPSA) is 75.4 Å². The van der Waals surface area contributed by atoms with Gasteiger partial charge in [0.1, 0.15) is 10.7 Å². The smallest absolute Gasteiger partial charge is 0.273 e. The summed E-state index contributed by atoms with van der Waals surface area (Å²) in [6.45, 7) is 5.46. The minimum Gasteiger partial charge on any atom is -0.338 e. The van der Waals surface area contributed by atoms with Crippen LogP contribution in [0.5, 0.6) is 0 Å². The van der Waals surface area contributed by atoms with E-state index < -0.39 is 0 Å². The van der Waals surface area contributed by atoms with Crippen molar-refractivity contribution >= 4 is 28.6 Å². The molecule has 3 aromatic heterocycles. The van der Waals surface area contributed by atoms with E-state index in [0.29, 0.717) is 37.0 Å². The summed E-state index contributed by atoms with van der Waals surface area (Å²) in [5, 5.41) is 10.9. The summed E-state index contributed by atoms with van der Waals surface area (Å²) in [7, 11) is 0. The van der Waals surface area contributed by atoms with Crippen molar-refractivity contribution in [3.05, 3.63) is 63.6 Å². The highest BCUT2D eigenvalue weighted by Gasteiger charge is 2.25. The number of piperazine rings is 1. The summed E-state index contributed by atoms with van der Waals surface area (Å²) in [6, 6.07) is 10.1. The molecular weight excluding hydrogens is 430 g/mol. The maximum Gasteiger partial charge on any atom is 0.273 e. The van der Waals surface area contributed by atoms with Gasteiger partial charge in [-0.3, -0.25) is 9.69 Å². The molecule has 158 valence electrons. The number of hydrogen-bond acceptors (Lipinski definition) is 8. The van der Waals surface area contributed by atoms with Gasteiger partial charge in [-0.05, 0) is 18.4 Å². The van der Waals surface area contributed by atoms with E-state index in [2.05, 4.69) is 20.0 Å². The van der Waals surface area contributed by atoms with Crippen molar-refractivity contribution in [1.82, 2.24) is 24.9 Å². The first-order valence-electron chi connectivity index (χ1n) is 10.0. The molecule has 1 amide bonds. The number of nitrogens with zero attached hydrogens (tertiary/aromatic N) is 5. The number of amides is 1. The van der Waals surface area contributed by atoms with Crippen molar-refractivity contribution in [2.45, 2.75) is 13.5 Å². The average Bonchev–Trinajstić information content (AvgIpc) is 3.55. The molecule has 0 atom stereocenters. The van der Waals surface area contributed by atoms with Crippen LogP contribution in [0.25, 0.3) is 22.0 Å². The van der Waals surface area contributed by atoms with Crippen LogP contribution >= 0.6 is 22.7 Å². The minimum atomic E-state index is -0.00294. The molecular formula is C22H21N5O2S2. The number of benzene rings is 1. The third-order valence-corrected chi connectivity index (χ3v) is 6.86. The van der Waals surface area contributed by atoms with Crippen molar-refractivity contribution in [2.75, 3.05) is 26.2 Å². The van der Waals surface area contributed by atoms with E-state index in [1.807, 2.05) is 58.3 Å². The molecule has 0 bridgehead atoms. The van der Waals surface area contributed by atoms with Crippen molar-refractivity contribution in [3.8, 4) is 22.0 Å². The maximum atomic E-state index is 12.8. The molecule has 5 rings (SSSR count). The highest BCUT2D eigenvalue weighted by atomic mass is 32.1. The van der Waals surface area contributed by atoms with Crippen LogP contribution in [0.4, 0.5) is 0 Å². The van der Waals surface area contributed by atoms with Crippen molar-refractivity contribution < 1.29 is 9.32 Å². The van der Waals surface area contributed by atoms with Gasteiger partial charge in [0.25, 0.3) is 5.91 Å². The standard InChI is InChI=1S/C22H21N5O2S2/c1-15-2-4-16(5-3-15)20-24-19(29-25-20)12-26-7-9-27(10-8-26)22(28)18-14-31-21(23-18)17-6-11-30-13-17/h2-6,11,13-14H,7-10,12H2,1H3. The summed E-state index contributed by atoms with van der Waals surface area (Å²) in [6.07, 6.45) is 0. The molecule has 0 spiro atoms. The third kappa shape index (κ3) is 4.43. The van der Waals surface area contributed by atoms with E-state index in [9.17, 15) is 4.79 Å². The second kappa shape index (κ2) is 8.70. The number of rotatable bonds is 5. The lowest BCUT2D eigenvalue weighted by atomic mass is 10.1. The second-order valence-corrected chi connectivity index (χ2v) is 9.13. The summed E-state index contributed by atoms with van der Waals surface area (Å²) in [4.78, 5) is 26.0. The van der Waals surface area contributed by atoms with Gasteiger partial charge in [0.2, 0.25) is 11.7 Å². The molecule has 0 saturated carbocycles. The Hall–Kier alpha value is -2.88. The quantitative estimate of drug-likeness (QED) is 0.453. The molecule has 1 fully saturated rings. The van der Waals surface area contributed by atoms with Gasteiger partial charge in [0.15, 0.2) is 0 Å². The first kappa shape index (κ1) is 20.0. The average molecular weight is 452 g/mol. The van der Waals surface area contributed by atoms with Gasteiger partial charge in [-0.25, -0.2) is 4.98 Å². The first-order valence-corrected chi connectivity index (χ1v) is 11.9. The Balaban J connectivity index is 1.16. The van der Waals surface area contributed by atoms with Crippen molar-refractivity contribution in [3.63, 3.8) is 0 Å². The van der Waals surface area contributed by atoms with Crippen LogP contribution in [0.3, 0.4) is 0 Å². The lowest BCUT2D eigenvalue weighted by Gasteiger charge is -2.33. The molecule has 1 aliphatic heterocycles. The Bertz CT molecular complexity index is 1160. The fourth-order valence-corrected chi connectivity index (χ4v) is 5.00. The van der Waals surface area contributed by atoms with E-state index in [-0.39, 0.29) is 5.91 Å². The predicted molar refractivity (Wildman–Crippen MR) is 121 cm³/mol. The predicted octanol–water partition coefficient (Wildman–Crippen LogP) is 4.19. The van der Waals surface area contributed by atoms with E-state index in [1.165, 1.54) is 16.9 Å². The molecule has 31 heavy (non-hydrogen) atoms. The Labute approximate surface area is 188 Å². The molecule has 0 radical (unpaired) electrons. The second-order valence-electron chi connectivity index (χ2n) is 7.50. The highest BCUT2D eigenvalue weighted by Crippen LogP contribution is 2.26. The van der Waals surface area contributed by atoms with Crippen LogP contribution in [0.15, 0.2) is 51.0 Å². The number of hydrogen-bond donors (Lipinski definition) is 0. The van der Waals surface area contributed by atoms with Gasteiger partial charge >= 0.3 is 0 Å². The van der Waals surface area contributed by atoms with E-state index in [1.54, 1.807) is 11.3 Å². The number of aryl methyl sites for hydroxylation is 1. The molecule has 0 unspecified atom stereocenters. The Morgan fingerprint density at radius 1 is 1.03 bits per heavy atom. The highest BCUT2D eigenvalue weighted by molar-refractivity contribution is 7.14. The maximum absolute atomic E-state index is 12.8. The molecule has 4 heterocycles. The van der Waals surface area contributed by atoms with Crippen molar-refractivity contribution in [2.24, 2.45) is 0 Å². The SMILES string of the molecule is Cc1ccc(-c2noc(CN3CCN(C(=O)c4csc(-c5ccsc5)n4)CC3)n2)cc1. The lowest BCUT2D eigenvalue weighted by Crippen LogP contribution is -2.48. The van der Waals surface area contributed by atoms with E-state index >= 15 is 0 Å². The molecule has 9 heteroatoms. The summed E-state index contributed by atoms with van der Waals surface area (Å²) in [5.41, 5.74) is 3.74. The fourth-order valence-electron chi connectivity index (χ4n) is 3.49. The van der Waals surface area contributed by atoms with E-state index in [0.717, 1.165) is 29.2 Å². The van der Waals surface area contributed by atoms with Gasteiger partial charge < -0.3 is 9.42 Å². The molecule has 7 nitrogen and oxygen atoms in total. The van der Waals surface area contributed by atoms with Gasteiger partial charge in [-0.1, -0.05) is 35.0 Å². The van der Waals surface area contributed by atoms with Crippen LogP contribution in [0.1, 0.15) is 21.9 Å². The Morgan fingerprint density at radius 2 is 1.84 bits per heavy atom. The normalized spacial score (nSPS) is 14.8. The summed E-state index contributed by atoms with van der Waals surface area (Å²) in [5.74, 6) is 1.20.